The Morgan fingerprint density at radius 3 is 2.90 bits per heavy atom. The van der Waals surface area contributed by atoms with Crippen LogP contribution < -0.4 is 5.73 Å². The number of hydrogen-bond acceptors (Lipinski definition) is 5. The van der Waals surface area contributed by atoms with Crippen LogP contribution in [-0.4, -0.2) is 55.8 Å². The molecule has 0 aromatic carbocycles. The van der Waals surface area contributed by atoms with Gasteiger partial charge in [-0.2, -0.15) is 5.10 Å². The molecule has 150 valence electrons. The Bertz CT molecular complexity index is 1050. The number of piperidine rings is 1. The van der Waals surface area contributed by atoms with Gasteiger partial charge in [-0.3, -0.25) is 9.59 Å². The van der Waals surface area contributed by atoms with Gasteiger partial charge in [-0.1, -0.05) is 5.92 Å². The molecular weight excluding hydrogens is 370 g/mol. The third-order valence-corrected chi connectivity index (χ3v) is 5.56. The van der Waals surface area contributed by atoms with Crippen molar-refractivity contribution >= 4 is 11.8 Å². The Hall–Kier alpha value is -3.18. The summed E-state index contributed by atoms with van der Waals surface area (Å²) < 4.78 is 1.75. The largest absolute Gasteiger partial charge is 0.377 e. The Kier molecular flexibility index (Phi) is 4.84. The lowest BCUT2D eigenvalue weighted by Crippen LogP contribution is -2.45. The van der Waals surface area contributed by atoms with Crippen molar-refractivity contribution in [2.45, 2.75) is 44.1 Å². The molecule has 8 heteroatoms. The molecule has 3 N–H and O–H groups in total. The molecule has 29 heavy (non-hydrogen) atoms. The monoisotopic (exact) mass is 393 g/mol. The highest BCUT2D eigenvalue weighted by molar-refractivity contribution is 5.92. The molecule has 3 heterocycles. The number of nitrogens with two attached hydrogens (primary N) is 1. The van der Waals surface area contributed by atoms with Gasteiger partial charge in [0.25, 0.3) is 5.91 Å². The van der Waals surface area contributed by atoms with Crippen molar-refractivity contribution in [1.82, 2.24) is 19.7 Å². The van der Waals surface area contributed by atoms with Crippen LogP contribution in [0.2, 0.25) is 0 Å². The Balaban J connectivity index is 1.66. The fraction of sp³-hybridized carbons (Fsp3) is 0.429. The van der Waals surface area contributed by atoms with Gasteiger partial charge in [0.1, 0.15) is 11.3 Å². The van der Waals surface area contributed by atoms with E-state index in [1.807, 2.05) is 0 Å². The number of carbonyl (C=O) groups excluding carboxylic acids is 2. The first kappa shape index (κ1) is 19.2. The first-order valence-electron chi connectivity index (χ1n) is 9.73. The van der Waals surface area contributed by atoms with E-state index in [1.165, 1.54) is 0 Å². The van der Waals surface area contributed by atoms with Gasteiger partial charge in [0.15, 0.2) is 5.69 Å². The number of amides is 2. The second-order valence-electron chi connectivity index (χ2n) is 7.68. The minimum Gasteiger partial charge on any atom is -0.377 e. The molecule has 1 aliphatic heterocycles. The molecule has 1 saturated heterocycles. The SMILES string of the molecule is CN1CCC(O)(C#Cc2cc(-n3nc(C(N)=O)c4c3CCCC4)ccn2)CC1=O. The Morgan fingerprint density at radius 1 is 1.34 bits per heavy atom. The second kappa shape index (κ2) is 7.33. The molecule has 2 aromatic heterocycles. The first-order valence-corrected chi connectivity index (χ1v) is 9.73. The van der Waals surface area contributed by atoms with E-state index in [0.717, 1.165) is 42.6 Å². The fourth-order valence-corrected chi connectivity index (χ4v) is 3.87. The highest BCUT2D eigenvalue weighted by Gasteiger charge is 2.34. The summed E-state index contributed by atoms with van der Waals surface area (Å²) in [4.78, 5) is 29.5. The van der Waals surface area contributed by atoms with Gasteiger partial charge in [0, 0.05) is 37.5 Å². The van der Waals surface area contributed by atoms with E-state index in [-0.39, 0.29) is 12.3 Å². The molecule has 0 bridgehead atoms. The molecule has 2 aromatic rings. The molecule has 0 saturated carbocycles. The minimum absolute atomic E-state index is 0.0230. The van der Waals surface area contributed by atoms with Crippen molar-refractivity contribution < 1.29 is 14.7 Å². The van der Waals surface area contributed by atoms with E-state index < -0.39 is 11.5 Å². The smallest absolute Gasteiger partial charge is 0.269 e. The van der Waals surface area contributed by atoms with Crippen molar-refractivity contribution in [3.63, 3.8) is 0 Å². The summed E-state index contributed by atoms with van der Waals surface area (Å²) in [5, 5.41) is 15.1. The van der Waals surface area contributed by atoms with Gasteiger partial charge in [-0.25, -0.2) is 9.67 Å². The maximum absolute atomic E-state index is 11.9. The van der Waals surface area contributed by atoms with Crippen LogP contribution in [0.15, 0.2) is 18.3 Å². The number of carbonyl (C=O) groups is 2. The van der Waals surface area contributed by atoms with Crippen molar-refractivity contribution in [2.24, 2.45) is 5.73 Å². The maximum atomic E-state index is 11.9. The minimum atomic E-state index is -1.34. The van der Waals surface area contributed by atoms with Crippen molar-refractivity contribution in [3.05, 3.63) is 41.0 Å². The topological polar surface area (TPSA) is 114 Å². The fourth-order valence-electron chi connectivity index (χ4n) is 3.87. The normalized spacial score (nSPS) is 21.3. The van der Waals surface area contributed by atoms with E-state index in [2.05, 4.69) is 21.9 Å². The van der Waals surface area contributed by atoms with E-state index in [9.17, 15) is 14.7 Å². The van der Waals surface area contributed by atoms with Crippen LogP contribution in [0.1, 0.15) is 53.1 Å². The van der Waals surface area contributed by atoms with Gasteiger partial charge >= 0.3 is 0 Å². The van der Waals surface area contributed by atoms with Crippen molar-refractivity contribution in [2.75, 3.05) is 13.6 Å². The summed E-state index contributed by atoms with van der Waals surface area (Å²) in [6.07, 6.45) is 5.66. The zero-order chi connectivity index (χ0) is 20.6. The number of hydrogen-bond donors (Lipinski definition) is 2. The molecule has 8 nitrogen and oxygen atoms in total. The van der Waals surface area contributed by atoms with Crippen LogP contribution in [0.4, 0.5) is 0 Å². The molecule has 0 spiro atoms. The molecule has 2 amide bonds. The van der Waals surface area contributed by atoms with Gasteiger partial charge in [-0.15, -0.1) is 0 Å². The molecule has 1 atom stereocenters. The van der Waals surface area contributed by atoms with Crippen LogP contribution >= 0.6 is 0 Å². The molecule has 4 rings (SSSR count). The summed E-state index contributed by atoms with van der Waals surface area (Å²) in [5.74, 6) is 5.07. The number of nitrogens with zero attached hydrogens (tertiary/aromatic N) is 4. The Morgan fingerprint density at radius 2 is 2.14 bits per heavy atom. The zero-order valence-corrected chi connectivity index (χ0v) is 16.3. The predicted molar refractivity (Wildman–Crippen MR) is 105 cm³/mol. The highest BCUT2D eigenvalue weighted by atomic mass is 16.3. The molecule has 1 aliphatic carbocycles. The van der Waals surface area contributed by atoms with Gasteiger partial charge < -0.3 is 15.7 Å². The van der Waals surface area contributed by atoms with Crippen LogP contribution in [0, 0.1) is 11.8 Å². The number of likely N-dealkylation sites (tertiary alicyclic amines) is 1. The summed E-state index contributed by atoms with van der Waals surface area (Å²) >= 11 is 0. The van der Waals surface area contributed by atoms with Crippen LogP contribution in [0.5, 0.6) is 0 Å². The molecular formula is C21H23N5O3. The number of aliphatic hydroxyl groups is 1. The predicted octanol–water partition coefficient (Wildman–Crippen LogP) is 0.580. The molecule has 1 fully saturated rings. The third-order valence-electron chi connectivity index (χ3n) is 5.56. The standard InChI is InChI=1S/C21H23N5O3/c1-25-11-9-21(29,13-18(25)27)8-6-14-12-15(7-10-23-14)26-17-5-3-2-4-16(17)19(24-26)20(22)28/h7,10,12,29H,2-5,9,11,13H2,1H3,(H2,22,28). The van der Waals surface area contributed by atoms with E-state index >= 15 is 0 Å². The van der Waals surface area contributed by atoms with E-state index in [0.29, 0.717) is 24.4 Å². The molecule has 0 radical (unpaired) electrons. The van der Waals surface area contributed by atoms with Crippen LogP contribution in [-0.2, 0) is 17.6 Å². The maximum Gasteiger partial charge on any atom is 0.269 e. The van der Waals surface area contributed by atoms with E-state index in [4.69, 9.17) is 5.73 Å². The summed E-state index contributed by atoms with van der Waals surface area (Å²) in [7, 11) is 1.71. The zero-order valence-electron chi connectivity index (χ0n) is 16.3. The number of primary amides is 1. The quantitative estimate of drug-likeness (QED) is 0.725. The average Bonchev–Trinajstić information content (AvgIpc) is 3.10. The van der Waals surface area contributed by atoms with Gasteiger partial charge in [0.05, 0.1) is 12.1 Å². The second-order valence-corrected chi connectivity index (χ2v) is 7.68. The molecule has 1 unspecified atom stereocenters. The lowest BCUT2D eigenvalue weighted by atomic mass is 9.91. The Labute approximate surface area is 168 Å². The van der Waals surface area contributed by atoms with E-state index in [1.54, 1.807) is 35.0 Å². The van der Waals surface area contributed by atoms with Crippen LogP contribution in [0.3, 0.4) is 0 Å². The highest BCUT2D eigenvalue weighted by Crippen LogP contribution is 2.27. The number of rotatable bonds is 2. The van der Waals surface area contributed by atoms with Gasteiger partial charge in [-0.05, 0) is 43.7 Å². The van der Waals surface area contributed by atoms with Crippen LogP contribution in [0.25, 0.3) is 5.69 Å². The summed E-state index contributed by atoms with van der Waals surface area (Å²) in [6.45, 7) is 0.465. The number of aromatic nitrogens is 3. The van der Waals surface area contributed by atoms with Crippen molar-refractivity contribution in [1.29, 1.82) is 0 Å². The summed E-state index contributed by atoms with van der Waals surface area (Å²) in [6, 6.07) is 3.56. The first-order chi connectivity index (χ1) is 13.9. The summed E-state index contributed by atoms with van der Waals surface area (Å²) in [5.41, 5.74) is 7.61. The lowest BCUT2D eigenvalue weighted by Gasteiger charge is -2.32. The lowest BCUT2D eigenvalue weighted by molar-refractivity contribution is -0.138. The number of pyridine rings is 1. The molecule has 2 aliphatic rings. The number of fused-ring (bicyclic) bond motifs is 1. The van der Waals surface area contributed by atoms with Crippen molar-refractivity contribution in [3.8, 4) is 17.5 Å². The van der Waals surface area contributed by atoms with Gasteiger partial charge in [0.2, 0.25) is 5.91 Å². The third kappa shape index (κ3) is 3.74. The average molecular weight is 393 g/mol.